The van der Waals surface area contributed by atoms with Crippen LogP contribution in [-0.4, -0.2) is 0 Å². The van der Waals surface area contributed by atoms with E-state index < -0.39 is 7.29 Å². The molecule has 0 bridgehead atoms. The van der Waals surface area contributed by atoms with Gasteiger partial charge in [-0.15, -0.1) is 0 Å². The first kappa shape index (κ1) is 14.6. The molecule has 3 aromatic carbocycles. The van der Waals surface area contributed by atoms with Crippen molar-refractivity contribution in [2.75, 3.05) is 5.09 Å². The molecule has 0 atom stereocenters. The molecular weight excluding hydrogens is 289 g/mol. The van der Waals surface area contributed by atoms with E-state index in [0.29, 0.717) is 0 Å². The molecule has 0 saturated carbocycles. The van der Waals surface area contributed by atoms with Crippen LogP contribution in [0.15, 0.2) is 84.9 Å². The number of para-hydroxylation sites is 1. The number of hydrogen-bond donors (Lipinski definition) is 1. The fourth-order valence-electron chi connectivity index (χ4n) is 2.42. The predicted molar refractivity (Wildman–Crippen MR) is 94.6 cm³/mol. The first-order valence-corrected chi connectivity index (χ1v) is 8.96. The summed E-state index contributed by atoms with van der Waals surface area (Å²) in [7, 11) is -2.92. The van der Waals surface area contributed by atoms with Crippen molar-refractivity contribution in [3.8, 4) is 0 Å². The average molecular weight is 307 g/mol. The summed E-state index contributed by atoms with van der Waals surface area (Å²) >= 11 is 0. The van der Waals surface area contributed by atoms with E-state index >= 15 is 0 Å². The molecule has 0 heterocycles. The molecule has 110 valence electrons. The second-order valence-corrected chi connectivity index (χ2v) is 7.68. The van der Waals surface area contributed by atoms with Gasteiger partial charge < -0.3 is 5.09 Å². The Morgan fingerprint density at radius 1 is 0.682 bits per heavy atom. The lowest BCUT2D eigenvalue weighted by molar-refractivity contribution is 0.590. The minimum absolute atomic E-state index is 0.810. The zero-order chi connectivity index (χ0) is 15.4. The van der Waals surface area contributed by atoms with E-state index in [0.717, 1.165) is 21.9 Å². The normalized spacial score (nSPS) is 11.1. The second kappa shape index (κ2) is 6.21. The summed E-state index contributed by atoms with van der Waals surface area (Å²) in [6.45, 7) is 2.02. The molecule has 0 unspecified atom stereocenters. The average Bonchev–Trinajstić information content (AvgIpc) is 2.58. The molecule has 22 heavy (non-hydrogen) atoms. The first-order chi connectivity index (χ1) is 10.7. The van der Waals surface area contributed by atoms with Gasteiger partial charge in [-0.3, -0.25) is 4.57 Å². The molecule has 0 saturated heterocycles. The lowest BCUT2D eigenvalue weighted by Gasteiger charge is -2.22. The van der Waals surface area contributed by atoms with Crippen molar-refractivity contribution in [2.24, 2.45) is 0 Å². The van der Waals surface area contributed by atoms with E-state index in [1.165, 1.54) is 0 Å². The second-order valence-electron chi connectivity index (χ2n) is 5.21. The van der Waals surface area contributed by atoms with Crippen LogP contribution in [0.2, 0.25) is 0 Å². The van der Waals surface area contributed by atoms with Gasteiger partial charge >= 0.3 is 0 Å². The highest BCUT2D eigenvalue weighted by Crippen LogP contribution is 2.43. The van der Waals surface area contributed by atoms with Crippen LogP contribution in [-0.2, 0) is 4.57 Å². The summed E-state index contributed by atoms with van der Waals surface area (Å²) in [6, 6.07) is 27.1. The minimum Gasteiger partial charge on any atom is -0.329 e. The highest BCUT2D eigenvalue weighted by Gasteiger charge is 2.27. The summed E-state index contributed by atoms with van der Waals surface area (Å²) in [6.07, 6.45) is 0. The maximum atomic E-state index is 13.8. The molecule has 1 N–H and O–H groups in total. The van der Waals surface area contributed by atoms with Gasteiger partial charge in [0, 0.05) is 16.3 Å². The molecule has 0 aliphatic rings. The standard InChI is InChI=1S/C19H18NOP/c1-16-10-8-9-15-19(16)20-22(21,17-11-4-2-5-12-17)18-13-6-3-7-14-18/h2-15H,1H3,(H,20,21). The van der Waals surface area contributed by atoms with E-state index in [2.05, 4.69) is 5.09 Å². The quantitative estimate of drug-likeness (QED) is 0.727. The van der Waals surface area contributed by atoms with Crippen molar-refractivity contribution in [3.05, 3.63) is 90.5 Å². The summed E-state index contributed by atoms with van der Waals surface area (Å²) in [5.74, 6) is 0. The number of benzene rings is 3. The highest BCUT2D eigenvalue weighted by atomic mass is 31.2. The van der Waals surface area contributed by atoms with E-state index in [9.17, 15) is 4.57 Å². The Hall–Kier alpha value is -2.31. The van der Waals surface area contributed by atoms with Crippen molar-refractivity contribution in [1.82, 2.24) is 0 Å². The first-order valence-electron chi connectivity index (χ1n) is 7.25. The van der Waals surface area contributed by atoms with Crippen LogP contribution in [0, 0.1) is 6.92 Å². The summed E-state index contributed by atoms with van der Waals surface area (Å²) in [4.78, 5) is 0. The van der Waals surface area contributed by atoms with Gasteiger partial charge in [-0.25, -0.2) is 0 Å². The van der Waals surface area contributed by atoms with Gasteiger partial charge in [0.1, 0.15) is 0 Å². The molecular formula is C19H18NOP. The summed E-state index contributed by atoms with van der Waals surface area (Å²) in [5, 5.41) is 4.93. The minimum atomic E-state index is -2.92. The Morgan fingerprint density at radius 3 is 1.64 bits per heavy atom. The van der Waals surface area contributed by atoms with Crippen LogP contribution in [0.3, 0.4) is 0 Å². The summed E-state index contributed by atoms with van der Waals surface area (Å²) in [5.41, 5.74) is 1.98. The van der Waals surface area contributed by atoms with E-state index in [1.807, 2.05) is 91.9 Å². The Labute approximate surface area is 131 Å². The fourth-order valence-corrected chi connectivity index (χ4v) is 4.75. The third-order valence-corrected chi connectivity index (χ3v) is 6.27. The number of rotatable bonds is 4. The third kappa shape index (κ3) is 2.84. The van der Waals surface area contributed by atoms with Crippen molar-refractivity contribution < 1.29 is 4.57 Å². The van der Waals surface area contributed by atoms with Gasteiger partial charge in [-0.2, -0.15) is 0 Å². The van der Waals surface area contributed by atoms with Crippen LogP contribution in [0.4, 0.5) is 5.69 Å². The van der Waals surface area contributed by atoms with Gasteiger partial charge in [0.25, 0.3) is 0 Å². The Bertz CT molecular complexity index is 756. The molecule has 0 aliphatic heterocycles. The van der Waals surface area contributed by atoms with Crippen LogP contribution < -0.4 is 15.7 Å². The van der Waals surface area contributed by atoms with Crippen molar-refractivity contribution in [2.45, 2.75) is 6.92 Å². The van der Waals surface area contributed by atoms with Crippen LogP contribution in [0.1, 0.15) is 5.56 Å². The molecule has 0 amide bonds. The highest BCUT2D eigenvalue weighted by molar-refractivity contribution is 7.80. The molecule has 0 fully saturated rings. The smallest absolute Gasteiger partial charge is 0.227 e. The van der Waals surface area contributed by atoms with Crippen molar-refractivity contribution in [1.29, 1.82) is 0 Å². The predicted octanol–water partition coefficient (Wildman–Crippen LogP) is 4.34. The van der Waals surface area contributed by atoms with Crippen molar-refractivity contribution >= 4 is 23.6 Å². The Kier molecular flexibility index (Phi) is 4.13. The maximum absolute atomic E-state index is 13.8. The lowest BCUT2D eigenvalue weighted by atomic mass is 10.2. The molecule has 0 aliphatic carbocycles. The molecule has 3 heteroatoms. The van der Waals surface area contributed by atoms with Gasteiger partial charge in [-0.05, 0) is 42.8 Å². The van der Waals surface area contributed by atoms with Gasteiger partial charge in [0.2, 0.25) is 7.29 Å². The Balaban J connectivity index is 2.13. The van der Waals surface area contributed by atoms with Crippen molar-refractivity contribution in [3.63, 3.8) is 0 Å². The molecule has 3 rings (SSSR count). The number of anilines is 1. The largest absolute Gasteiger partial charge is 0.329 e. The zero-order valence-corrected chi connectivity index (χ0v) is 13.3. The van der Waals surface area contributed by atoms with Crippen LogP contribution in [0.5, 0.6) is 0 Å². The Morgan fingerprint density at radius 2 is 1.14 bits per heavy atom. The molecule has 3 aromatic rings. The molecule has 0 spiro atoms. The zero-order valence-electron chi connectivity index (χ0n) is 12.4. The topological polar surface area (TPSA) is 29.1 Å². The molecule has 2 nitrogen and oxygen atoms in total. The maximum Gasteiger partial charge on any atom is 0.227 e. The number of nitrogens with one attached hydrogen (secondary N) is 1. The van der Waals surface area contributed by atoms with E-state index in [1.54, 1.807) is 0 Å². The molecule has 0 radical (unpaired) electrons. The monoisotopic (exact) mass is 307 g/mol. The fraction of sp³-hybridized carbons (Fsp3) is 0.0526. The molecule has 0 aromatic heterocycles. The summed E-state index contributed by atoms with van der Waals surface area (Å²) < 4.78 is 13.8. The number of hydrogen-bond acceptors (Lipinski definition) is 1. The van der Waals surface area contributed by atoms with Gasteiger partial charge in [0.15, 0.2) is 0 Å². The van der Waals surface area contributed by atoms with Gasteiger partial charge in [-0.1, -0.05) is 54.6 Å². The van der Waals surface area contributed by atoms with Gasteiger partial charge in [0.05, 0.1) is 0 Å². The van der Waals surface area contributed by atoms with E-state index in [4.69, 9.17) is 0 Å². The third-order valence-electron chi connectivity index (χ3n) is 3.66. The SMILES string of the molecule is Cc1ccccc1NP(=O)(c1ccccc1)c1ccccc1. The van der Waals surface area contributed by atoms with Crippen LogP contribution >= 0.6 is 7.29 Å². The van der Waals surface area contributed by atoms with Crippen LogP contribution in [0.25, 0.3) is 0 Å². The number of aryl methyl sites for hydroxylation is 1. The lowest BCUT2D eigenvalue weighted by Crippen LogP contribution is -2.21. The van der Waals surface area contributed by atoms with E-state index in [-0.39, 0.29) is 0 Å².